The predicted octanol–water partition coefficient (Wildman–Crippen LogP) is 3.08. The molecule has 2 N–H and O–H groups in total. The van der Waals surface area contributed by atoms with Crippen molar-refractivity contribution in [1.29, 1.82) is 0 Å². The Kier molecular flexibility index (Phi) is 6.72. The van der Waals surface area contributed by atoms with Gasteiger partial charge in [-0.25, -0.2) is 4.99 Å². The lowest BCUT2D eigenvalue weighted by Crippen LogP contribution is -2.45. The quantitative estimate of drug-likeness (QED) is 0.585. The number of aliphatic imine (C=N–C) groups is 1. The molecular formula is C17H26BrN3O2. The number of hydrogen-bond acceptors (Lipinski definition) is 3. The van der Waals surface area contributed by atoms with Crippen LogP contribution in [0.2, 0.25) is 0 Å². The van der Waals surface area contributed by atoms with E-state index in [-0.39, 0.29) is 5.60 Å². The summed E-state index contributed by atoms with van der Waals surface area (Å²) in [5.41, 5.74) is 0.950. The summed E-state index contributed by atoms with van der Waals surface area (Å²) in [6, 6.07) is 5.95. The summed E-state index contributed by atoms with van der Waals surface area (Å²) in [6.07, 6.45) is 2.21. The fourth-order valence-corrected chi connectivity index (χ4v) is 3.03. The molecular weight excluding hydrogens is 358 g/mol. The molecule has 128 valence electrons. The monoisotopic (exact) mass is 383 g/mol. The van der Waals surface area contributed by atoms with Crippen molar-refractivity contribution in [3.05, 3.63) is 28.2 Å². The highest BCUT2D eigenvalue weighted by molar-refractivity contribution is 9.10. The van der Waals surface area contributed by atoms with Gasteiger partial charge in [-0.2, -0.15) is 0 Å². The molecule has 0 radical (unpaired) electrons. The van der Waals surface area contributed by atoms with Crippen LogP contribution < -0.4 is 15.4 Å². The van der Waals surface area contributed by atoms with Crippen molar-refractivity contribution in [1.82, 2.24) is 10.6 Å². The maximum atomic E-state index is 5.81. The highest BCUT2D eigenvalue weighted by Gasteiger charge is 2.29. The number of hydrogen-bond donors (Lipinski definition) is 2. The van der Waals surface area contributed by atoms with E-state index in [9.17, 15) is 0 Å². The molecule has 0 amide bonds. The summed E-state index contributed by atoms with van der Waals surface area (Å²) in [5, 5.41) is 6.66. The van der Waals surface area contributed by atoms with Gasteiger partial charge in [0.15, 0.2) is 5.96 Å². The van der Waals surface area contributed by atoms with Crippen LogP contribution in [-0.4, -0.2) is 38.4 Å². The SMILES string of the molecule is CCNC(=NCc1cc(Br)ccc1OC)NCC1(C)CCCO1. The van der Waals surface area contributed by atoms with Crippen LogP contribution in [0.3, 0.4) is 0 Å². The van der Waals surface area contributed by atoms with Crippen molar-refractivity contribution in [2.75, 3.05) is 26.8 Å². The van der Waals surface area contributed by atoms with Gasteiger partial charge in [0.25, 0.3) is 0 Å². The van der Waals surface area contributed by atoms with Gasteiger partial charge in [-0.3, -0.25) is 0 Å². The zero-order valence-electron chi connectivity index (χ0n) is 14.1. The van der Waals surface area contributed by atoms with Gasteiger partial charge in [0.05, 0.1) is 19.3 Å². The maximum absolute atomic E-state index is 5.81. The molecule has 1 fully saturated rings. The molecule has 1 saturated heterocycles. The van der Waals surface area contributed by atoms with Crippen molar-refractivity contribution in [2.45, 2.75) is 38.8 Å². The van der Waals surface area contributed by atoms with Crippen LogP contribution in [0.25, 0.3) is 0 Å². The van der Waals surface area contributed by atoms with E-state index in [2.05, 4.69) is 45.4 Å². The maximum Gasteiger partial charge on any atom is 0.191 e. The van der Waals surface area contributed by atoms with Gasteiger partial charge in [-0.1, -0.05) is 15.9 Å². The summed E-state index contributed by atoms with van der Waals surface area (Å²) in [4.78, 5) is 4.66. The van der Waals surface area contributed by atoms with Crippen molar-refractivity contribution in [2.24, 2.45) is 4.99 Å². The first kappa shape index (κ1) is 18.1. The average Bonchev–Trinajstić information content (AvgIpc) is 2.97. The number of rotatable bonds is 6. The molecule has 1 aliphatic heterocycles. The van der Waals surface area contributed by atoms with Crippen LogP contribution in [-0.2, 0) is 11.3 Å². The van der Waals surface area contributed by atoms with Gasteiger partial charge in [-0.15, -0.1) is 0 Å². The van der Waals surface area contributed by atoms with Crippen LogP contribution in [0, 0.1) is 0 Å². The number of benzene rings is 1. The molecule has 6 heteroatoms. The molecule has 5 nitrogen and oxygen atoms in total. The van der Waals surface area contributed by atoms with Crippen LogP contribution >= 0.6 is 15.9 Å². The first-order valence-corrected chi connectivity index (χ1v) is 8.84. The third kappa shape index (κ3) is 5.39. The molecule has 1 atom stereocenters. The molecule has 2 rings (SSSR count). The Labute approximate surface area is 147 Å². The Bertz CT molecular complexity index is 543. The van der Waals surface area contributed by atoms with Gasteiger partial charge in [0.2, 0.25) is 0 Å². The van der Waals surface area contributed by atoms with Crippen LogP contribution in [0.15, 0.2) is 27.7 Å². The molecule has 1 aromatic rings. The first-order valence-electron chi connectivity index (χ1n) is 8.05. The summed E-state index contributed by atoms with van der Waals surface area (Å²) < 4.78 is 12.2. The van der Waals surface area contributed by atoms with E-state index in [1.807, 2.05) is 18.2 Å². The lowest BCUT2D eigenvalue weighted by atomic mass is 10.0. The number of nitrogens with zero attached hydrogens (tertiary/aromatic N) is 1. The van der Waals surface area contributed by atoms with Crippen LogP contribution in [0.5, 0.6) is 5.75 Å². The largest absolute Gasteiger partial charge is 0.496 e. The zero-order valence-corrected chi connectivity index (χ0v) is 15.7. The lowest BCUT2D eigenvalue weighted by Gasteiger charge is -2.24. The van der Waals surface area contributed by atoms with Crippen LogP contribution in [0.1, 0.15) is 32.3 Å². The molecule has 0 bridgehead atoms. The molecule has 0 saturated carbocycles. The highest BCUT2D eigenvalue weighted by Crippen LogP contribution is 2.24. The van der Waals surface area contributed by atoms with E-state index in [1.54, 1.807) is 7.11 Å². The topological polar surface area (TPSA) is 54.9 Å². The Morgan fingerprint density at radius 1 is 1.43 bits per heavy atom. The van der Waals surface area contributed by atoms with Gasteiger partial charge < -0.3 is 20.1 Å². The average molecular weight is 384 g/mol. The van der Waals surface area contributed by atoms with Gasteiger partial charge >= 0.3 is 0 Å². The molecule has 1 aromatic carbocycles. The Balaban J connectivity index is 2.02. The van der Waals surface area contributed by atoms with Gasteiger partial charge in [0, 0.05) is 29.7 Å². The van der Waals surface area contributed by atoms with E-state index >= 15 is 0 Å². The molecule has 0 aromatic heterocycles. The minimum Gasteiger partial charge on any atom is -0.496 e. The molecule has 23 heavy (non-hydrogen) atoms. The highest BCUT2D eigenvalue weighted by atomic mass is 79.9. The number of methoxy groups -OCH3 is 1. The summed E-state index contributed by atoms with van der Waals surface area (Å²) >= 11 is 3.49. The zero-order chi connectivity index (χ0) is 16.7. The second-order valence-corrected chi connectivity index (χ2v) is 6.82. The Morgan fingerprint density at radius 3 is 2.91 bits per heavy atom. The number of nitrogens with one attached hydrogen (secondary N) is 2. The molecule has 1 unspecified atom stereocenters. The van der Waals surface area contributed by atoms with Gasteiger partial charge in [-0.05, 0) is 44.9 Å². The third-order valence-electron chi connectivity index (χ3n) is 3.92. The number of halogens is 1. The lowest BCUT2D eigenvalue weighted by molar-refractivity contribution is 0.0243. The predicted molar refractivity (Wildman–Crippen MR) is 97.1 cm³/mol. The minimum atomic E-state index is -0.0936. The summed E-state index contributed by atoms with van der Waals surface area (Å²) in [5.74, 6) is 1.64. The fourth-order valence-electron chi connectivity index (χ4n) is 2.62. The summed E-state index contributed by atoms with van der Waals surface area (Å²) in [6.45, 7) is 7.18. The van der Waals surface area contributed by atoms with Crippen molar-refractivity contribution in [3.8, 4) is 5.75 Å². The molecule has 0 spiro atoms. The normalized spacial score (nSPS) is 21.3. The van der Waals surface area contributed by atoms with E-state index in [4.69, 9.17) is 9.47 Å². The van der Waals surface area contributed by atoms with E-state index in [0.29, 0.717) is 6.54 Å². The Morgan fingerprint density at radius 2 is 2.26 bits per heavy atom. The number of guanidine groups is 1. The van der Waals surface area contributed by atoms with E-state index in [1.165, 1.54) is 0 Å². The minimum absolute atomic E-state index is 0.0936. The molecule has 0 aliphatic carbocycles. The summed E-state index contributed by atoms with van der Waals surface area (Å²) in [7, 11) is 1.68. The van der Waals surface area contributed by atoms with Crippen LogP contribution in [0.4, 0.5) is 0 Å². The number of ether oxygens (including phenoxy) is 2. The Hall–Kier alpha value is -1.27. The second kappa shape index (κ2) is 8.55. The molecule has 1 heterocycles. The first-order chi connectivity index (χ1) is 11.1. The van der Waals surface area contributed by atoms with Crippen molar-refractivity contribution < 1.29 is 9.47 Å². The standard InChI is InChI=1S/C17H26BrN3O2/c1-4-19-16(21-12-17(2)8-5-9-23-17)20-11-13-10-14(18)6-7-15(13)22-3/h6-7,10H,4-5,8-9,11-12H2,1-3H3,(H2,19,20,21). The van der Waals surface area contributed by atoms with E-state index in [0.717, 1.165) is 54.3 Å². The third-order valence-corrected chi connectivity index (χ3v) is 4.42. The fraction of sp³-hybridized carbons (Fsp3) is 0.588. The molecule has 1 aliphatic rings. The van der Waals surface area contributed by atoms with Crippen molar-refractivity contribution in [3.63, 3.8) is 0 Å². The smallest absolute Gasteiger partial charge is 0.191 e. The van der Waals surface area contributed by atoms with Crippen molar-refractivity contribution >= 4 is 21.9 Å². The van der Waals surface area contributed by atoms with Gasteiger partial charge in [0.1, 0.15) is 5.75 Å². The second-order valence-electron chi connectivity index (χ2n) is 5.91. The van der Waals surface area contributed by atoms with E-state index < -0.39 is 0 Å².